The molecule has 0 bridgehead atoms. The lowest BCUT2D eigenvalue weighted by atomic mass is 9.90. The summed E-state index contributed by atoms with van der Waals surface area (Å²) < 4.78 is 11.1. The van der Waals surface area contributed by atoms with E-state index in [-0.39, 0.29) is 12.0 Å². The van der Waals surface area contributed by atoms with Crippen LogP contribution in [0.2, 0.25) is 0 Å². The molecule has 156 valence electrons. The quantitative estimate of drug-likeness (QED) is 0.717. The molecule has 0 saturated carbocycles. The number of nitrogens with zero attached hydrogens (tertiary/aromatic N) is 3. The molecule has 2 aromatic rings. The lowest BCUT2D eigenvalue weighted by Gasteiger charge is -2.31. The Morgan fingerprint density at radius 2 is 2.00 bits per heavy atom. The molecule has 1 aromatic carbocycles. The second kappa shape index (κ2) is 9.55. The zero-order chi connectivity index (χ0) is 20.1. The number of hydrogen-bond acceptors (Lipinski definition) is 5. The van der Waals surface area contributed by atoms with Gasteiger partial charge in [-0.25, -0.2) is 0 Å². The van der Waals surface area contributed by atoms with Crippen molar-refractivity contribution in [3.8, 4) is 0 Å². The number of amides is 1. The van der Waals surface area contributed by atoms with Gasteiger partial charge >= 0.3 is 0 Å². The molecule has 0 N–H and O–H groups in total. The normalized spacial score (nSPS) is 20.8. The molecule has 6 nitrogen and oxygen atoms in total. The summed E-state index contributed by atoms with van der Waals surface area (Å²) in [6.07, 6.45) is 5.78. The summed E-state index contributed by atoms with van der Waals surface area (Å²) in [6.45, 7) is 4.23. The highest BCUT2D eigenvalue weighted by molar-refractivity contribution is 5.92. The van der Waals surface area contributed by atoms with E-state index in [0.717, 1.165) is 50.6 Å². The van der Waals surface area contributed by atoms with Crippen LogP contribution in [-0.4, -0.2) is 60.3 Å². The Bertz CT molecular complexity index is 778. The largest absolute Gasteiger partial charge is 0.376 e. The van der Waals surface area contributed by atoms with Gasteiger partial charge < -0.3 is 14.2 Å². The molecule has 2 saturated heterocycles. The fourth-order valence-corrected chi connectivity index (χ4v) is 4.38. The van der Waals surface area contributed by atoms with Crippen molar-refractivity contribution in [3.63, 3.8) is 0 Å². The third-order valence-corrected chi connectivity index (χ3v) is 6.08. The van der Waals surface area contributed by atoms with Crippen molar-refractivity contribution in [3.05, 3.63) is 53.4 Å². The first kappa shape index (κ1) is 20.1. The van der Waals surface area contributed by atoms with Crippen molar-refractivity contribution in [2.75, 3.05) is 33.3 Å². The van der Waals surface area contributed by atoms with Crippen molar-refractivity contribution in [1.29, 1.82) is 0 Å². The highest BCUT2D eigenvalue weighted by Gasteiger charge is 2.24. The summed E-state index contributed by atoms with van der Waals surface area (Å²) in [5.41, 5.74) is 1.82. The molecule has 6 heteroatoms. The van der Waals surface area contributed by atoms with Crippen LogP contribution in [-0.2, 0) is 17.7 Å². The Kier molecular flexibility index (Phi) is 6.62. The van der Waals surface area contributed by atoms with Crippen molar-refractivity contribution in [1.82, 2.24) is 15.0 Å². The van der Waals surface area contributed by atoms with Crippen LogP contribution in [0.25, 0.3) is 0 Å². The van der Waals surface area contributed by atoms with Crippen LogP contribution in [0.1, 0.15) is 47.5 Å². The number of carbonyl (C=O) groups is 1. The number of carbonyl (C=O) groups excluding carboxylic acids is 1. The van der Waals surface area contributed by atoms with Crippen molar-refractivity contribution in [2.24, 2.45) is 5.92 Å². The topological polar surface area (TPSA) is 58.8 Å². The van der Waals surface area contributed by atoms with Crippen LogP contribution in [0, 0.1) is 5.92 Å². The van der Waals surface area contributed by atoms with Gasteiger partial charge in [0.25, 0.3) is 5.91 Å². The molecule has 0 unspecified atom stereocenters. The Balaban J connectivity index is 1.23. The van der Waals surface area contributed by atoms with Gasteiger partial charge in [-0.2, -0.15) is 0 Å². The first-order valence-corrected chi connectivity index (χ1v) is 10.8. The molecule has 0 aliphatic carbocycles. The average molecular weight is 398 g/mol. The maximum atomic E-state index is 12.6. The van der Waals surface area contributed by atoms with Gasteiger partial charge in [0.05, 0.1) is 12.6 Å². The van der Waals surface area contributed by atoms with E-state index in [1.54, 1.807) is 18.0 Å². The van der Waals surface area contributed by atoms with Gasteiger partial charge in [0.1, 0.15) is 0 Å². The third kappa shape index (κ3) is 5.46. The number of likely N-dealkylation sites (N-methyl/N-ethyl adjacent to an activating group) is 1. The van der Waals surface area contributed by atoms with Crippen LogP contribution >= 0.6 is 0 Å². The number of likely N-dealkylation sites (tertiary alicyclic amines) is 1. The molecule has 1 atom stereocenters. The van der Waals surface area contributed by atoms with Crippen LogP contribution in [0.5, 0.6) is 0 Å². The minimum atomic E-state index is -0.0999. The Labute approximate surface area is 172 Å². The molecule has 29 heavy (non-hydrogen) atoms. The molecule has 2 aliphatic heterocycles. The predicted octanol–water partition coefficient (Wildman–Crippen LogP) is 3.38. The minimum Gasteiger partial charge on any atom is -0.376 e. The summed E-state index contributed by atoms with van der Waals surface area (Å²) in [6, 6.07) is 12.5. The zero-order valence-corrected chi connectivity index (χ0v) is 17.3. The number of benzene rings is 1. The van der Waals surface area contributed by atoms with E-state index < -0.39 is 0 Å². The third-order valence-electron chi connectivity index (χ3n) is 6.08. The maximum absolute atomic E-state index is 12.6. The van der Waals surface area contributed by atoms with Crippen LogP contribution < -0.4 is 0 Å². The fraction of sp³-hybridized carbons (Fsp3) is 0.565. The fourth-order valence-electron chi connectivity index (χ4n) is 4.38. The molecule has 0 spiro atoms. The van der Waals surface area contributed by atoms with Gasteiger partial charge in [-0.15, -0.1) is 0 Å². The van der Waals surface area contributed by atoms with E-state index in [1.165, 1.54) is 18.4 Å². The van der Waals surface area contributed by atoms with Gasteiger partial charge in [-0.3, -0.25) is 9.69 Å². The molecule has 2 fully saturated rings. The summed E-state index contributed by atoms with van der Waals surface area (Å²) in [7, 11) is 1.80. The summed E-state index contributed by atoms with van der Waals surface area (Å²) in [5, 5.41) is 4.01. The molecule has 3 heterocycles. The number of ether oxygens (including phenoxy) is 1. The number of rotatable bonds is 7. The van der Waals surface area contributed by atoms with E-state index in [9.17, 15) is 4.79 Å². The van der Waals surface area contributed by atoms with Gasteiger partial charge in [0.2, 0.25) is 0 Å². The van der Waals surface area contributed by atoms with Crippen LogP contribution in [0.15, 0.2) is 40.9 Å². The first-order valence-electron chi connectivity index (χ1n) is 10.8. The summed E-state index contributed by atoms with van der Waals surface area (Å²) in [5.74, 6) is 1.41. The van der Waals surface area contributed by atoms with Crippen molar-refractivity contribution in [2.45, 2.75) is 44.8 Å². The first-order chi connectivity index (χ1) is 14.2. The number of aromatic nitrogens is 1. The Morgan fingerprint density at radius 3 is 2.72 bits per heavy atom. The Morgan fingerprint density at radius 1 is 1.21 bits per heavy atom. The molecule has 4 rings (SSSR count). The molecule has 0 radical (unpaired) electrons. The van der Waals surface area contributed by atoms with Crippen molar-refractivity contribution < 1.29 is 14.1 Å². The average Bonchev–Trinajstić information content (AvgIpc) is 3.42. The van der Waals surface area contributed by atoms with E-state index in [0.29, 0.717) is 18.8 Å². The number of piperidine rings is 1. The molecule has 2 aliphatic rings. The number of hydrogen-bond donors (Lipinski definition) is 0. The monoisotopic (exact) mass is 397 g/mol. The lowest BCUT2D eigenvalue weighted by Crippen LogP contribution is -2.34. The highest BCUT2D eigenvalue weighted by atomic mass is 16.5. The second-order valence-corrected chi connectivity index (χ2v) is 8.41. The summed E-state index contributed by atoms with van der Waals surface area (Å²) in [4.78, 5) is 16.7. The smallest absolute Gasteiger partial charge is 0.275 e. The van der Waals surface area contributed by atoms with E-state index in [1.807, 2.05) is 0 Å². The minimum absolute atomic E-state index is 0.0999. The second-order valence-electron chi connectivity index (χ2n) is 8.41. The lowest BCUT2D eigenvalue weighted by molar-refractivity contribution is 0.0579. The van der Waals surface area contributed by atoms with Gasteiger partial charge in [-0.1, -0.05) is 35.5 Å². The zero-order valence-electron chi connectivity index (χ0n) is 17.3. The van der Waals surface area contributed by atoms with Crippen molar-refractivity contribution >= 4 is 5.91 Å². The summed E-state index contributed by atoms with van der Waals surface area (Å²) >= 11 is 0. The SMILES string of the molecule is CN(C[C@H]1CCCO1)C(=O)c1cc(CN2CCC(Cc3ccccc3)CC2)on1. The Hall–Kier alpha value is -2.18. The molecular formula is C23H31N3O3. The predicted molar refractivity (Wildman–Crippen MR) is 111 cm³/mol. The van der Waals surface area contributed by atoms with Gasteiger partial charge in [0, 0.05) is 26.3 Å². The van der Waals surface area contributed by atoms with Crippen LogP contribution in [0.4, 0.5) is 0 Å². The van der Waals surface area contributed by atoms with E-state index in [4.69, 9.17) is 9.26 Å². The molecular weight excluding hydrogens is 366 g/mol. The standard InChI is InChI=1S/C23H31N3O3/c1-25(16-20-8-5-13-28-20)23(27)22-15-21(29-24-22)17-26-11-9-19(10-12-26)14-18-6-3-2-4-7-18/h2-4,6-7,15,19-20H,5,8-14,16-17H2,1H3/t20-/m1/s1. The van der Waals surface area contributed by atoms with E-state index >= 15 is 0 Å². The molecule has 1 aromatic heterocycles. The van der Waals surface area contributed by atoms with Gasteiger partial charge in [0.15, 0.2) is 11.5 Å². The van der Waals surface area contributed by atoms with Gasteiger partial charge in [-0.05, 0) is 56.7 Å². The molecule has 1 amide bonds. The van der Waals surface area contributed by atoms with Crippen LogP contribution in [0.3, 0.4) is 0 Å². The maximum Gasteiger partial charge on any atom is 0.275 e. The van der Waals surface area contributed by atoms with E-state index in [2.05, 4.69) is 40.4 Å². The highest BCUT2D eigenvalue weighted by Crippen LogP contribution is 2.23.